The van der Waals surface area contributed by atoms with Gasteiger partial charge in [0.1, 0.15) is 0 Å². The number of nitrogens with one attached hydrogen (secondary N) is 1. The molecule has 2 N–H and O–H groups in total. The number of para-hydroxylation sites is 1. The van der Waals surface area contributed by atoms with E-state index in [0.717, 1.165) is 43.5 Å². The van der Waals surface area contributed by atoms with Gasteiger partial charge in [0, 0.05) is 23.7 Å². The number of ether oxygens (including phenoxy) is 1. The summed E-state index contributed by atoms with van der Waals surface area (Å²) in [7, 11) is 0. The summed E-state index contributed by atoms with van der Waals surface area (Å²) in [6.07, 6.45) is 8.97. The fraction of sp³-hybridized carbons (Fsp3) is 0.739. The number of fused-ring (bicyclic) bond motifs is 1. The van der Waals surface area contributed by atoms with E-state index in [1.165, 1.54) is 25.7 Å². The zero-order valence-corrected chi connectivity index (χ0v) is 17.3. The molecule has 3 unspecified atom stereocenters. The molecule has 0 aromatic heterocycles. The molecular weight excluding hydrogens is 322 g/mol. The van der Waals surface area contributed by atoms with Gasteiger partial charge in [-0.2, -0.15) is 0 Å². The minimum atomic E-state index is -0.883. The van der Waals surface area contributed by atoms with Gasteiger partial charge in [-0.1, -0.05) is 71.1 Å². The Kier molecular flexibility index (Phi) is 7.97. The fourth-order valence-electron chi connectivity index (χ4n) is 4.11. The van der Waals surface area contributed by atoms with E-state index in [4.69, 9.17) is 4.74 Å². The molecule has 0 aliphatic carbocycles. The lowest BCUT2D eigenvalue weighted by Gasteiger charge is -2.37. The zero-order chi connectivity index (χ0) is 19.0. The maximum Gasteiger partial charge on any atom is 0.0938 e. The molecule has 148 valence electrons. The third-order valence-electron chi connectivity index (χ3n) is 6.25. The molecule has 1 aliphatic heterocycles. The van der Waals surface area contributed by atoms with E-state index in [-0.39, 0.29) is 11.5 Å². The molecule has 1 heterocycles. The van der Waals surface area contributed by atoms with Crippen molar-refractivity contribution in [1.82, 2.24) is 0 Å². The normalized spacial score (nSPS) is 29.2. The fourth-order valence-corrected chi connectivity index (χ4v) is 4.11. The molecule has 3 atom stereocenters. The Morgan fingerprint density at radius 3 is 2.54 bits per heavy atom. The van der Waals surface area contributed by atoms with Crippen molar-refractivity contribution in [3.63, 3.8) is 0 Å². The van der Waals surface area contributed by atoms with Gasteiger partial charge >= 0.3 is 0 Å². The highest BCUT2D eigenvalue weighted by Gasteiger charge is 2.39. The highest BCUT2D eigenvalue weighted by atomic mass is 16.5. The standard InChI is InChI=1S/C23H39NO2/c1-5-8-10-13-19-17-26-23(7-3,16-9-6-2)18-24-21-15-12-11-14-20(21)22(19,4)25/h11-12,14-15,19,24-25H,5-10,13,16-18H2,1-4H3. The summed E-state index contributed by atoms with van der Waals surface area (Å²) in [5.74, 6) is 0.114. The van der Waals surface area contributed by atoms with E-state index in [0.29, 0.717) is 6.61 Å². The number of benzene rings is 1. The molecule has 26 heavy (non-hydrogen) atoms. The first-order chi connectivity index (χ1) is 12.5. The Bertz CT molecular complexity index is 543. The van der Waals surface area contributed by atoms with Gasteiger partial charge in [-0.3, -0.25) is 0 Å². The van der Waals surface area contributed by atoms with Gasteiger partial charge in [0.25, 0.3) is 0 Å². The van der Waals surface area contributed by atoms with E-state index in [1.807, 2.05) is 19.1 Å². The number of aliphatic hydroxyl groups is 1. The van der Waals surface area contributed by atoms with Gasteiger partial charge in [0.2, 0.25) is 0 Å². The summed E-state index contributed by atoms with van der Waals surface area (Å²) in [6.45, 7) is 10.1. The molecule has 1 aromatic carbocycles. The monoisotopic (exact) mass is 361 g/mol. The third-order valence-corrected chi connectivity index (χ3v) is 6.25. The number of rotatable bonds is 8. The molecule has 3 nitrogen and oxygen atoms in total. The first-order valence-electron chi connectivity index (χ1n) is 10.7. The van der Waals surface area contributed by atoms with Crippen LogP contribution in [0.25, 0.3) is 0 Å². The SMILES string of the molecule is CCCCCC1COC(CC)(CCCC)CNc2ccccc2C1(C)O. The van der Waals surface area contributed by atoms with Crippen LogP contribution in [0.15, 0.2) is 24.3 Å². The molecule has 2 rings (SSSR count). The number of hydrogen-bond donors (Lipinski definition) is 2. The van der Waals surface area contributed by atoms with Gasteiger partial charge in [0.05, 0.1) is 17.8 Å². The van der Waals surface area contributed by atoms with Gasteiger partial charge in [0.15, 0.2) is 0 Å². The smallest absolute Gasteiger partial charge is 0.0938 e. The Labute approximate surface area is 160 Å². The summed E-state index contributed by atoms with van der Waals surface area (Å²) >= 11 is 0. The maximum absolute atomic E-state index is 11.5. The molecule has 0 saturated heterocycles. The lowest BCUT2D eigenvalue weighted by atomic mass is 9.79. The Morgan fingerprint density at radius 1 is 1.12 bits per heavy atom. The van der Waals surface area contributed by atoms with Crippen molar-refractivity contribution >= 4 is 5.69 Å². The van der Waals surface area contributed by atoms with Crippen molar-refractivity contribution in [2.24, 2.45) is 5.92 Å². The molecule has 1 aliphatic rings. The van der Waals surface area contributed by atoms with Crippen LogP contribution in [0.3, 0.4) is 0 Å². The minimum absolute atomic E-state index is 0.114. The second kappa shape index (κ2) is 9.75. The molecule has 0 amide bonds. The quantitative estimate of drug-likeness (QED) is 0.569. The molecular formula is C23H39NO2. The Hall–Kier alpha value is -1.06. The topological polar surface area (TPSA) is 41.5 Å². The van der Waals surface area contributed by atoms with Gasteiger partial charge < -0.3 is 15.2 Å². The Morgan fingerprint density at radius 2 is 1.85 bits per heavy atom. The van der Waals surface area contributed by atoms with Crippen LogP contribution in [0.5, 0.6) is 0 Å². The molecule has 1 aromatic rings. The number of hydrogen-bond acceptors (Lipinski definition) is 3. The second-order valence-electron chi connectivity index (χ2n) is 8.19. The molecule has 3 heteroatoms. The van der Waals surface area contributed by atoms with Crippen molar-refractivity contribution < 1.29 is 9.84 Å². The van der Waals surface area contributed by atoms with Crippen molar-refractivity contribution in [2.75, 3.05) is 18.5 Å². The number of unbranched alkanes of at least 4 members (excludes halogenated alkanes) is 3. The van der Waals surface area contributed by atoms with Crippen LogP contribution in [0, 0.1) is 5.92 Å². The average Bonchev–Trinajstić information content (AvgIpc) is 2.69. The van der Waals surface area contributed by atoms with E-state index < -0.39 is 5.60 Å². The molecule has 0 spiro atoms. The van der Waals surface area contributed by atoms with Crippen molar-refractivity contribution in [3.8, 4) is 0 Å². The van der Waals surface area contributed by atoms with E-state index >= 15 is 0 Å². The average molecular weight is 362 g/mol. The zero-order valence-electron chi connectivity index (χ0n) is 17.3. The summed E-state index contributed by atoms with van der Waals surface area (Å²) in [5.41, 5.74) is 1.03. The lowest BCUT2D eigenvalue weighted by Crippen LogP contribution is -2.42. The second-order valence-corrected chi connectivity index (χ2v) is 8.19. The van der Waals surface area contributed by atoms with Crippen LogP contribution in [0.4, 0.5) is 5.69 Å². The molecule has 0 fully saturated rings. The molecule has 0 saturated carbocycles. The van der Waals surface area contributed by atoms with Crippen LogP contribution in [-0.2, 0) is 10.3 Å². The van der Waals surface area contributed by atoms with Crippen LogP contribution < -0.4 is 5.32 Å². The summed E-state index contributed by atoms with van der Waals surface area (Å²) in [5, 5.41) is 15.1. The van der Waals surface area contributed by atoms with E-state index in [1.54, 1.807) is 0 Å². The largest absolute Gasteiger partial charge is 0.385 e. The van der Waals surface area contributed by atoms with Crippen molar-refractivity contribution in [1.29, 1.82) is 0 Å². The molecule has 0 radical (unpaired) electrons. The van der Waals surface area contributed by atoms with Crippen LogP contribution >= 0.6 is 0 Å². The van der Waals surface area contributed by atoms with Crippen molar-refractivity contribution in [3.05, 3.63) is 29.8 Å². The highest BCUT2D eigenvalue weighted by Crippen LogP contribution is 2.40. The minimum Gasteiger partial charge on any atom is -0.385 e. The van der Waals surface area contributed by atoms with Crippen molar-refractivity contribution in [2.45, 2.75) is 90.3 Å². The predicted molar refractivity (Wildman–Crippen MR) is 111 cm³/mol. The Balaban J connectivity index is 2.34. The summed E-state index contributed by atoms with van der Waals surface area (Å²) in [4.78, 5) is 0. The van der Waals surface area contributed by atoms with E-state index in [9.17, 15) is 5.11 Å². The predicted octanol–water partition coefficient (Wildman–Crippen LogP) is 5.87. The number of anilines is 1. The maximum atomic E-state index is 11.5. The first kappa shape index (κ1) is 21.2. The first-order valence-corrected chi connectivity index (χ1v) is 10.7. The van der Waals surface area contributed by atoms with Gasteiger partial charge in [-0.25, -0.2) is 0 Å². The van der Waals surface area contributed by atoms with E-state index in [2.05, 4.69) is 38.2 Å². The van der Waals surface area contributed by atoms with Gasteiger partial charge in [-0.15, -0.1) is 0 Å². The van der Waals surface area contributed by atoms with Gasteiger partial charge in [-0.05, 0) is 32.3 Å². The third kappa shape index (κ3) is 5.01. The molecule has 0 bridgehead atoms. The summed E-state index contributed by atoms with van der Waals surface area (Å²) < 4.78 is 6.59. The summed E-state index contributed by atoms with van der Waals surface area (Å²) in [6, 6.07) is 8.24. The van der Waals surface area contributed by atoms with Crippen LogP contribution in [0.2, 0.25) is 0 Å². The lowest BCUT2D eigenvalue weighted by molar-refractivity contribution is -0.106. The highest BCUT2D eigenvalue weighted by molar-refractivity contribution is 5.54. The van der Waals surface area contributed by atoms with Crippen LogP contribution in [-0.4, -0.2) is 23.9 Å². The van der Waals surface area contributed by atoms with Crippen LogP contribution in [0.1, 0.15) is 84.6 Å².